The zero-order chi connectivity index (χ0) is 21.7. The van der Waals surface area contributed by atoms with Crippen molar-refractivity contribution in [2.24, 2.45) is 0 Å². The van der Waals surface area contributed by atoms with Crippen LogP contribution >= 0.6 is 0 Å². The van der Waals surface area contributed by atoms with Gasteiger partial charge < -0.3 is 15.2 Å². The van der Waals surface area contributed by atoms with Gasteiger partial charge in [-0.15, -0.1) is 0 Å². The number of methoxy groups -OCH3 is 1. The number of aliphatic hydroxyl groups is 1. The fraction of sp³-hybridized carbons (Fsp3) is 0.143. The molecule has 0 spiro atoms. The van der Waals surface area contributed by atoms with E-state index in [0.29, 0.717) is 24.3 Å². The highest BCUT2D eigenvalue weighted by molar-refractivity contribution is 7.89. The highest BCUT2D eigenvalue weighted by Crippen LogP contribution is 2.29. The summed E-state index contributed by atoms with van der Waals surface area (Å²) >= 11 is 0. The Morgan fingerprint density at radius 1 is 1.17 bits per heavy atom. The third kappa shape index (κ3) is 4.58. The number of benzene rings is 2. The molecule has 0 saturated carbocycles. The van der Waals surface area contributed by atoms with E-state index >= 15 is 0 Å². The summed E-state index contributed by atoms with van der Waals surface area (Å²) in [6, 6.07) is 12.4. The number of hydrogen-bond donors (Lipinski definition) is 3. The van der Waals surface area contributed by atoms with E-state index in [4.69, 9.17) is 4.74 Å². The van der Waals surface area contributed by atoms with E-state index < -0.39 is 27.3 Å². The summed E-state index contributed by atoms with van der Waals surface area (Å²) in [5.41, 5.74) is 0.582. The Balaban J connectivity index is 1.81. The van der Waals surface area contributed by atoms with Crippen molar-refractivity contribution in [2.75, 3.05) is 20.3 Å². The van der Waals surface area contributed by atoms with Gasteiger partial charge in [0.25, 0.3) is 15.9 Å². The summed E-state index contributed by atoms with van der Waals surface area (Å²) in [6.07, 6.45) is 2.56. The van der Waals surface area contributed by atoms with Gasteiger partial charge in [-0.25, -0.2) is 8.42 Å². The molecule has 0 atom stereocenters. The van der Waals surface area contributed by atoms with Crippen LogP contribution in [-0.2, 0) is 19.6 Å². The summed E-state index contributed by atoms with van der Waals surface area (Å²) < 4.78 is 31.7. The number of nitrogens with one attached hydrogen (secondary N) is 2. The predicted octanol–water partition coefficient (Wildman–Crippen LogP) is 1.86. The lowest BCUT2D eigenvalue weighted by atomic mass is 10.1. The van der Waals surface area contributed by atoms with Crippen LogP contribution < -0.4 is 10.0 Å². The van der Waals surface area contributed by atoms with E-state index in [-0.39, 0.29) is 16.4 Å². The molecule has 156 valence electrons. The maximum Gasteiger partial charge on any atom is 0.262 e. The topological polar surface area (TPSA) is 122 Å². The molecule has 0 fully saturated rings. The lowest BCUT2D eigenvalue weighted by Gasteiger charge is -2.19. The Hall–Kier alpha value is -3.43. The molecular formula is C21H20N2O6S. The number of hydrogen-bond acceptors (Lipinski definition) is 6. The fourth-order valence-electron chi connectivity index (χ4n) is 2.84. The van der Waals surface area contributed by atoms with Crippen LogP contribution in [0.4, 0.5) is 0 Å². The minimum absolute atomic E-state index is 0.0581. The first-order valence-electron chi connectivity index (χ1n) is 8.98. The van der Waals surface area contributed by atoms with E-state index in [0.717, 1.165) is 6.08 Å². The van der Waals surface area contributed by atoms with E-state index in [2.05, 4.69) is 10.0 Å². The van der Waals surface area contributed by atoms with Gasteiger partial charge in [0.2, 0.25) is 5.78 Å². The first kappa shape index (κ1) is 21.3. The SMILES string of the molecule is COCCNC(=O)c1cccc(/C=C/C(=O)C2=C(O)c3ccccc3S(=O)(=O)N2)c1. The van der Waals surface area contributed by atoms with Crippen molar-refractivity contribution in [2.45, 2.75) is 4.90 Å². The lowest BCUT2D eigenvalue weighted by Crippen LogP contribution is -2.32. The summed E-state index contributed by atoms with van der Waals surface area (Å²) in [4.78, 5) is 24.6. The second-order valence-electron chi connectivity index (χ2n) is 6.40. The third-order valence-corrected chi connectivity index (χ3v) is 5.73. The molecule has 3 rings (SSSR count). The minimum atomic E-state index is -3.97. The van der Waals surface area contributed by atoms with Crippen molar-refractivity contribution in [3.8, 4) is 0 Å². The zero-order valence-electron chi connectivity index (χ0n) is 16.1. The molecule has 1 heterocycles. The Labute approximate surface area is 173 Å². The molecule has 30 heavy (non-hydrogen) atoms. The van der Waals surface area contributed by atoms with Crippen molar-refractivity contribution in [1.29, 1.82) is 0 Å². The molecule has 1 aliphatic rings. The van der Waals surface area contributed by atoms with Crippen LogP contribution in [0.3, 0.4) is 0 Å². The number of carbonyl (C=O) groups is 2. The largest absolute Gasteiger partial charge is 0.505 e. The summed E-state index contributed by atoms with van der Waals surface area (Å²) in [5.74, 6) is -1.45. The summed E-state index contributed by atoms with van der Waals surface area (Å²) in [5, 5.41) is 13.1. The second kappa shape index (κ2) is 8.93. The van der Waals surface area contributed by atoms with Crippen LogP contribution in [-0.4, -0.2) is 45.5 Å². The molecule has 0 aliphatic carbocycles. The van der Waals surface area contributed by atoms with Gasteiger partial charge in [-0.3, -0.25) is 14.3 Å². The first-order valence-corrected chi connectivity index (χ1v) is 10.5. The normalized spacial score (nSPS) is 14.8. The van der Waals surface area contributed by atoms with Gasteiger partial charge in [0, 0.05) is 24.8 Å². The van der Waals surface area contributed by atoms with Crippen molar-refractivity contribution in [3.63, 3.8) is 0 Å². The minimum Gasteiger partial charge on any atom is -0.505 e. The van der Waals surface area contributed by atoms with Gasteiger partial charge in [0.05, 0.1) is 11.5 Å². The molecule has 1 aliphatic heterocycles. The smallest absolute Gasteiger partial charge is 0.262 e. The molecule has 0 aromatic heterocycles. The highest BCUT2D eigenvalue weighted by atomic mass is 32.2. The second-order valence-corrected chi connectivity index (χ2v) is 8.05. The van der Waals surface area contributed by atoms with E-state index in [1.165, 1.54) is 31.4 Å². The maximum absolute atomic E-state index is 12.5. The molecule has 3 N–H and O–H groups in total. The summed E-state index contributed by atoms with van der Waals surface area (Å²) in [7, 11) is -2.43. The van der Waals surface area contributed by atoms with Crippen LogP contribution in [0.25, 0.3) is 11.8 Å². The van der Waals surface area contributed by atoms with Gasteiger partial charge in [0.1, 0.15) is 5.70 Å². The van der Waals surface area contributed by atoms with E-state index in [9.17, 15) is 23.1 Å². The van der Waals surface area contributed by atoms with Crippen LogP contribution in [0.5, 0.6) is 0 Å². The predicted molar refractivity (Wildman–Crippen MR) is 111 cm³/mol. The van der Waals surface area contributed by atoms with Gasteiger partial charge in [-0.1, -0.05) is 30.3 Å². The van der Waals surface area contributed by atoms with Gasteiger partial charge in [0.15, 0.2) is 5.76 Å². The van der Waals surface area contributed by atoms with Crippen molar-refractivity contribution < 1.29 is 27.9 Å². The lowest BCUT2D eigenvalue weighted by molar-refractivity contribution is -0.111. The number of sulfonamides is 1. The van der Waals surface area contributed by atoms with Gasteiger partial charge in [-0.05, 0) is 35.9 Å². The average molecular weight is 428 g/mol. The fourth-order valence-corrected chi connectivity index (χ4v) is 4.13. The number of rotatable bonds is 7. The molecular weight excluding hydrogens is 408 g/mol. The van der Waals surface area contributed by atoms with Crippen LogP contribution in [0.2, 0.25) is 0 Å². The van der Waals surface area contributed by atoms with Crippen molar-refractivity contribution >= 4 is 33.5 Å². The van der Waals surface area contributed by atoms with Crippen LogP contribution in [0, 0.1) is 0 Å². The quantitative estimate of drug-likeness (QED) is 0.457. The number of aliphatic hydroxyl groups excluding tert-OH is 1. The molecule has 0 radical (unpaired) electrons. The Morgan fingerprint density at radius 2 is 1.93 bits per heavy atom. The Kier molecular flexibility index (Phi) is 6.34. The first-order chi connectivity index (χ1) is 14.3. The molecule has 1 amide bonds. The molecule has 2 aromatic rings. The molecule has 2 aromatic carbocycles. The van der Waals surface area contributed by atoms with Gasteiger partial charge >= 0.3 is 0 Å². The molecule has 9 heteroatoms. The van der Waals surface area contributed by atoms with E-state index in [1.807, 2.05) is 0 Å². The maximum atomic E-state index is 12.5. The van der Waals surface area contributed by atoms with Crippen LogP contribution in [0.15, 0.2) is 65.2 Å². The molecule has 8 nitrogen and oxygen atoms in total. The monoisotopic (exact) mass is 428 g/mol. The Bertz CT molecular complexity index is 1150. The number of ether oxygens (including phenoxy) is 1. The number of amides is 1. The Morgan fingerprint density at radius 3 is 2.70 bits per heavy atom. The zero-order valence-corrected chi connectivity index (χ0v) is 16.9. The van der Waals surface area contributed by atoms with Crippen molar-refractivity contribution in [3.05, 3.63) is 77.0 Å². The standard InChI is InChI=1S/C21H20N2O6S/c1-29-12-11-22-21(26)15-6-4-5-14(13-15)9-10-17(24)19-20(25)16-7-2-3-8-18(16)30(27,28)23-19/h2-10,13,23,25H,11-12H2,1H3,(H,22,26)/b10-9+. The summed E-state index contributed by atoms with van der Waals surface area (Å²) in [6.45, 7) is 0.750. The highest BCUT2D eigenvalue weighted by Gasteiger charge is 2.31. The number of fused-ring (bicyclic) bond motifs is 1. The number of allylic oxidation sites excluding steroid dienone is 1. The van der Waals surface area contributed by atoms with Gasteiger partial charge in [-0.2, -0.15) is 0 Å². The van der Waals surface area contributed by atoms with E-state index in [1.54, 1.807) is 30.3 Å². The van der Waals surface area contributed by atoms with Crippen LogP contribution in [0.1, 0.15) is 21.5 Å². The average Bonchev–Trinajstić information content (AvgIpc) is 2.75. The number of carbonyl (C=O) groups excluding carboxylic acids is 2. The molecule has 0 saturated heterocycles. The molecule has 0 bridgehead atoms. The molecule has 0 unspecified atom stereocenters. The third-order valence-electron chi connectivity index (χ3n) is 4.32. The van der Waals surface area contributed by atoms with Crippen molar-refractivity contribution in [1.82, 2.24) is 10.0 Å². The number of ketones is 1.